The number of carbonyl (C=O) groups excluding carboxylic acids is 1. The number of aryl methyl sites for hydroxylation is 1. The number of amides is 1. The summed E-state index contributed by atoms with van der Waals surface area (Å²) in [5.41, 5.74) is 0.778. The third-order valence-corrected chi connectivity index (χ3v) is 3.66. The van der Waals surface area contributed by atoms with Crippen LogP contribution in [0.4, 0.5) is 11.5 Å². The van der Waals surface area contributed by atoms with Crippen LogP contribution in [0.25, 0.3) is 0 Å². The van der Waals surface area contributed by atoms with E-state index in [1.807, 2.05) is 0 Å². The monoisotopic (exact) mass is 368 g/mol. The minimum absolute atomic E-state index is 0.0170. The van der Waals surface area contributed by atoms with Crippen molar-refractivity contribution in [1.82, 2.24) is 10.3 Å². The topological polar surface area (TPSA) is 97.2 Å². The van der Waals surface area contributed by atoms with Crippen LogP contribution in [0, 0.1) is 17.0 Å². The maximum absolute atomic E-state index is 12.0. The Balaban J connectivity index is 1.87. The zero-order valence-electron chi connectivity index (χ0n) is 12.7. The summed E-state index contributed by atoms with van der Waals surface area (Å²) in [4.78, 5) is 26.4. The average molecular weight is 369 g/mol. The maximum Gasteiger partial charge on any atom is 0.272 e. The van der Waals surface area contributed by atoms with Gasteiger partial charge < -0.3 is 10.6 Å². The second-order valence-corrected chi connectivity index (χ2v) is 5.77. The summed E-state index contributed by atoms with van der Waals surface area (Å²) < 4.78 is 0. The Hall–Kier alpha value is -2.38. The highest BCUT2D eigenvalue weighted by atomic mass is 35.5. The van der Waals surface area contributed by atoms with Crippen molar-refractivity contribution in [2.45, 2.75) is 6.92 Å². The fourth-order valence-corrected chi connectivity index (χ4v) is 2.45. The number of benzene rings is 1. The first-order chi connectivity index (χ1) is 11.4. The molecule has 0 aliphatic carbocycles. The summed E-state index contributed by atoms with van der Waals surface area (Å²) in [5, 5.41) is 17.3. The third kappa shape index (κ3) is 4.56. The lowest BCUT2D eigenvalue weighted by Crippen LogP contribution is -2.29. The van der Waals surface area contributed by atoms with Gasteiger partial charge in [0, 0.05) is 36.5 Å². The fourth-order valence-electron chi connectivity index (χ4n) is 2.01. The highest BCUT2D eigenvalue weighted by Crippen LogP contribution is 2.22. The quantitative estimate of drug-likeness (QED) is 0.462. The van der Waals surface area contributed by atoms with Crippen molar-refractivity contribution in [3.8, 4) is 0 Å². The van der Waals surface area contributed by atoms with Gasteiger partial charge >= 0.3 is 0 Å². The number of hydrogen-bond acceptors (Lipinski definition) is 5. The molecule has 1 aromatic carbocycles. The summed E-state index contributed by atoms with van der Waals surface area (Å²) in [7, 11) is 0. The summed E-state index contributed by atoms with van der Waals surface area (Å²) in [5.74, 6) is 0.159. The van der Waals surface area contributed by atoms with Crippen LogP contribution in [0.15, 0.2) is 30.5 Å². The Bertz CT molecular complexity index is 783. The van der Waals surface area contributed by atoms with Gasteiger partial charge in [-0.25, -0.2) is 4.98 Å². The van der Waals surface area contributed by atoms with Crippen molar-refractivity contribution in [2.24, 2.45) is 0 Å². The molecule has 0 fully saturated rings. The van der Waals surface area contributed by atoms with Gasteiger partial charge in [-0.2, -0.15) is 0 Å². The van der Waals surface area contributed by atoms with E-state index in [9.17, 15) is 14.9 Å². The molecule has 126 valence electrons. The van der Waals surface area contributed by atoms with Gasteiger partial charge in [0.05, 0.1) is 15.0 Å². The molecule has 0 saturated heterocycles. The smallest absolute Gasteiger partial charge is 0.272 e. The lowest BCUT2D eigenvalue weighted by Gasteiger charge is -2.09. The summed E-state index contributed by atoms with van der Waals surface area (Å²) in [6, 6.07) is 5.79. The van der Waals surface area contributed by atoms with Crippen LogP contribution < -0.4 is 10.6 Å². The molecule has 1 aromatic heterocycles. The van der Waals surface area contributed by atoms with Gasteiger partial charge in [0.2, 0.25) is 0 Å². The molecule has 0 unspecified atom stereocenters. The average Bonchev–Trinajstić information content (AvgIpc) is 2.52. The van der Waals surface area contributed by atoms with Gasteiger partial charge in [0.25, 0.3) is 11.6 Å². The Morgan fingerprint density at radius 3 is 2.67 bits per heavy atom. The highest BCUT2D eigenvalue weighted by molar-refractivity contribution is 6.35. The van der Waals surface area contributed by atoms with Crippen molar-refractivity contribution in [3.63, 3.8) is 0 Å². The number of nitro benzene ring substituents is 1. The molecule has 9 heteroatoms. The largest absolute Gasteiger partial charge is 0.367 e. The fraction of sp³-hybridized carbons (Fsp3) is 0.200. The molecule has 2 aromatic rings. The molecule has 24 heavy (non-hydrogen) atoms. The number of rotatable bonds is 6. The van der Waals surface area contributed by atoms with E-state index < -0.39 is 4.92 Å². The number of anilines is 1. The van der Waals surface area contributed by atoms with Gasteiger partial charge in [-0.05, 0) is 25.1 Å². The van der Waals surface area contributed by atoms with Crippen LogP contribution >= 0.6 is 23.2 Å². The van der Waals surface area contributed by atoms with Gasteiger partial charge in [-0.3, -0.25) is 14.9 Å². The number of hydrogen-bond donors (Lipinski definition) is 2. The second-order valence-electron chi connectivity index (χ2n) is 4.93. The Labute approximate surface area is 148 Å². The molecule has 0 atom stereocenters. The molecule has 0 aliphatic rings. The zero-order chi connectivity index (χ0) is 17.7. The van der Waals surface area contributed by atoms with E-state index in [1.165, 1.54) is 24.4 Å². The molecule has 2 N–H and O–H groups in total. The summed E-state index contributed by atoms with van der Waals surface area (Å²) >= 11 is 11.7. The first kappa shape index (κ1) is 18.0. The first-order valence-electron chi connectivity index (χ1n) is 6.96. The number of nitrogens with zero attached hydrogens (tertiary/aromatic N) is 2. The van der Waals surface area contributed by atoms with Crippen LogP contribution in [-0.4, -0.2) is 28.9 Å². The summed E-state index contributed by atoms with van der Waals surface area (Å²) in [6.45, 7) is 2.33. The molecule has 0 saturated carbocycles. The number of halogens is 2. The predicted octanol–water partition coefficient (Wildman–Crippen LogP) is 3.45. The number of nitrogens with one attached hydrogen (secondary N) is 2. The van der Waals surface area contributed by atoms with Crippen molar-refractivity contribution in [3.05, 3.63) is 61.7 Å². The lowest BCUT2D eigenvalue weighted by molar-refractivity contribution is -0.385. The molecule has 0 aliphatic heterocycles. The van der Waals surface area contributed by atoms with E-state index in [0.29, 0.717) is 40.1 Å². The molecule has 0 bridgehead atoms. The predicted molar refractivity (Wildman–Crippen MR) is 92.9 cm³/mol. The summed E-state index contributed by atoms with van der Waals surface area (Å²) in [6.07, 6.45) is 1.47. The molecule has 1 heterocycles. The molecule has 2 rings (SSSR count). The van der Waals surface area contributed by atoms with E-state index in [4.69, 9.17) is 23.2 Å². The number of carbonyl (C=O) groups is 1. The molecular weight excluding hydrogens is 355 g/mol. The van der Waals surface area contributed by atoms with E-state index in [-0.39, 0.29) is 11.6 Å². The Morgan fingerprint density at radius 1 is 1.29 bits per heavy atom. The van der Waals surface area contributed by atoms with E-state index in [0.717, 1.165) is 0 Å². The van der Waals surface area contributed by atoms with E-state index >= 15 is 0 Å². The Kier molecular flexibility index (Phi) is 5.94. The van der Waals surface area contributed by atoms with Crippen LogP contribution in [0.2, 0.25) is 10.0 Å². The number of nitro groups is 1. The normalized spacial score (nSPS) is 10.3. The van der Waals surface area contributed by atoms with Crippen LogP contribution in [0.1, 0.15) is 15.9 Å². The van der Waals surface area contributed by atoms with E-state index in [2.05, 4.69) is 15.6 Å². The molecule has 0 radical (unpaired) electrons. The highest BCUT2D eigenvalue weighted by Gasteiger charge is 2.13. The van der Waals surface area contributed by atoms with Gasteiger partial charge in [-0.1, -0.05) is 23.2 Å². The lowest BCUT2D eigenvalue weighted by atomic mass is 10.1. The standard InChI is InChI=1S/C15H14Cl2N4O3/c1-9-6-10(2-3-13(9)21(23)24)15(22)19-5-4-18-14-12(17)7-11(16)8-20-14/h2-3,6-8H,4-5H2,1H3,(H,18,20)(H,19,22). The molecule has 0 spiro atoms. The Morgan fingerprint density at radius 2 is 2.04 bits per heavy atom. The van der Waals surface area contributed by atoms with Crippen LogP contribution in [0.3, 0.4) is 0 Å². The molecular formula is C15H14Cl2N4O3. The second kappa shape index (κ2) is 7.94. The minimum atomic E-state index is -0.482. The minimum Gasteiger partial charge on any atom is -0.367 e. The SMILES string of the molecule is Cc1cc(C(=O)NCCNc2ncc(Cl)cc2Cl)ccc1[N+](=O)[O-]. The number of aromatic nitrogens is 1. The van der Waals surface area contributed by atoms with Gasteiger partial charge in [0.15, 0.2) is 0 Å². The van der Waals surface area contributed by atoms with Crippen LogP contribution in [0.5, 0.6) is 0 Å². The third-order valence-electron chi connectivity index (χ3n) is 3.17. The van der Waals surface area contributed by atoms with Crippen LogP contribution in [-0.2, 0) is 0 Å². The zero-order valence-corrected chi connectivity index (χ0v) is 14.2. The van der Waals surface area contributed by atoms with E-state index in [1.54, 1.807) is 13.0 Å². The van der Waals surface area contributed by atoms with Gasteiger partial charge in [0.1, 0.15) is 5.82 Å². The first-order valence-corrected chi connectivity index (χ1v) is 7.72. The van der Waals surface area contributed by atoms with Gasteiger partial charge in [-0.15, -0.1) is 0 Å². The molecule has 7 nitrogen and oxygen atoms in total. The van der Waals surface area contributed by atoms with Crippen molar-refractivity contribution < 1.29 is 9.72 Å². The van der Waals surface area contributed by atoms with Crippen molar-refractivity contribution >= 4 is 40.6 Å². The molecule has 1 amide bonds. The maximum atomic E-state index is 12.0. The van der Waals surface area contributed by atoms with Crippen molar-refractivity contribution in [2.75, 3.05) is 18.4 Å². The van der Waals surface area contributed by atoms with Crippen molar-refractivity contribution in [1.29, 1.82) is 0 Å². The number of pyridine rings is 1.